The third kappa shape index (κ3) is 2.69. The second kappa shape index (κ2) is 4.28. The van der Waals surface area contributed by atoms with Gasteiger partial charge in [-0.15, -0.1) is 0 Å². The number of carbonyl (C=O) groups is 1. The maximum absolute atomic E-state index is 11.8. The summed E-state index contributed by atoms with van der Waals surface area (Å²) in [6, 6.07) is 0. The summed E-state index contributed by atoms with van der Waals surface area (Å²) >= 11 is 0. The van der Waals surface area contributed by atoms with Crippen LogP contribution in [-0.2, 0) is 4.79 Å². The van der Waals surface area contributed by atoms with E-state index in [-0.39, 0.29) is 11.8 Å². The monoisotopic (exact) mass is 200 g/mol. The highest BCUT2D eigenvalue weighted by Gasteiger charge is 2.32. The maximum Gasteiger partial charge on any atom is 0.226 e. The number of nitrogens with zero attached hydrogens (tertiary/aromatic N) is 1. The smallest absolute Gasteiger partial charge is 0.226 e. The first kappa shape index (κ1) is 11.5. The van der Waals surface area contributed by atoms with Crippen molar-refractivity contribution < 1.29 is 9.90 Å². The van der Waals surface area contributed by atoms with Crippen LogP contribution in [0.3, 0.4) is 0 Å². The van der Waals surface area contributed by atoms with Crippen LogP contribution >= 0.6 is 0 Å². The fourth-order valence-corrected chi connectivity index (χ4v) is 1.82. The number of piperidine rings is 1. The van der Waals surface area contributed by atoms with Gasteiger partial charge in [-0.3, -0.25) is 4.79 Å². The fraction of sp³-hybridized carbons (Fsp3) is 0.900. The third-order valence-corrected chi connectivity index (χ3v) is 2.76. The molecule has 0 bridgehead atoms. The third-order valence-electron chi connectivity index (χ3n) is 2.76. The molecule has 0 spiro atoms. The van der Waals surface area contributed by atoms with Crippen LogP contribution in [0.25, 0.3) is 0 Å². The molecule has 1 heterocycles. The molecule has 1 saturated heterocycles. The van der Waals surface area contributed by atoms with Crippen molar-refractivity contribution in [2.24, 2.45) is 11.7 Å². The number of rotatable bonds is 2. The predicted molar refractivity (Wildman–Crippen MR) is 54.7 cm³/mol. The lowest BCUT2D eigenvalue weighted by molar-refractivity contribution is -0.141. The van der Waals surface area contributed by atoms with Crippen molar-refractivity contribution in [3.8, 4) is 0 Å². The Morgan fingerprint density at radius 1 is 1.71 bits per heavy atom. The van der Waals surface area contributed by atoms with Gasteiger partial charge in [-0.1, -0.05) is 6.92 Å². The van der Waals surface area contributed by atoms with Gasteiger partial charge >= 0.3 is 0 Å². The largest absolute Gasteiger partial charge is 0.388 e. The fourth-order valence-electron chi connectivity index (χ4n) is 1.82. The van der Waals surface area contributed by atoms with Crippen LogP contribution < -0.4 is 5.73 Å². The van der Waals surface area contributed by atoms with Gasteiger partial charge in [0.2, 0.25) is 5.91 Å². The lowest BCUT2D eigenvalue weighted by Gasteiger charge is -2.37. The zero-order valence-electron chi connectivity index (χ0n) is 8.99. The SMILES string of the molecule is CC(CN)C(=O)N1CCCC(C)(O)C1. The van der Waals surface area contributed by atoms with Crippen molar-refractivity contribution in [3.05, 3.63) is 0 Å². The number of hydrogen-bond acceptors (Lipinski definition) is 3. The van der Waals surface area contributed by atoms with E-state index >= 15 is 0 Å². The second-order valence-electron chi connectivity index (χ2n) is 4.50. The molecule has 0 saturated carbocycles. The Balaban J connectivity index is 2.56. The summed E-state index contributed by atoms with van der Waals surface area (Å²) in [4.78, 5) is 13.5. The molecule has 82 valence electrons. The second-order valence-corrected chi connectivity index (χ2v) is 4.50. The van der Waals surface area contributed by atoms with Gasteiger partial charge in [-0.25, -0.2) is 0 Å². The summed E-state index contributed by atoms with van der Waals surface area (Å²) in [5, 5.41) is 9.82. The number of β-amino-alcohol motifs (C(OH)–C–C–N with tert-alkyl or cyclic N) is 1. The molecule has 0 aromatic carbocycles. The summed E-state index contributed by atoms with van der Waals surface area (Å²) < 4.78 is 0. The van der Waals surface area contributed by atoms with E-state index in [1.165, 1.54) is 0 Å². The molecule has 1 aliphatic heterocycles. The minimum atomic E-state index is -0.720. The molecule has 1 rings (SSSR count). The number of aliphatic hydroxyl groups is 1. The molecule has 1 fully saturated rings. The zero-order valence-corrected chi connectivity index (χ0v) is 8.99. The molecule has 3 N–H and O–H groups in total. The molecule has 2 atom stereocenters. The van der Waals surface area contributed by atoms with Crippen LogP contribution in [0.2, 0.25) is 0 Å². The Kier molecular flexibility index (Phi) is 3.50. The topological polar surface area (TPSA) is 66.6 Å². The molecule has 4 nitrogen and oxygen atoms in total. The van der Waals surface area contributed by atoms with E-state index in [1.54, 1.807) is 11.8 Å². The standard InChI is InChI=1S/C10H20N2O2/c1-8(6-11)9(13)12-5-3-4-10(2,14)7-12/h8,14H,3-7,11H2,1-2H3. The molecule has 0 aromatic heterocycles. The lowest BCUT2D eigenvalue weighted by atomic mass is 9.94. The van der Waals surface area contributed by atoms with Crippen LogP contribution in [0.5, 0.6) is 0 Å². The highest BCUT2D eigenvalue weighted by Crippen LogP contribution is 2.21. The van der Waals surface area contributed by atoms with E-state index in [9.17, 15) is 9.90 Å². The average molecular weight is 200 g/mol. The van der Waals surface area contributed by atoms with E-state index < -0.39 is 5.60 Å². The van der Waals surface area contributed by atoms with Gasteiger partial charge in [0.1, 0.15) is 0 Å². The minimum absolute atomic E-state index is 0.0625. The summed E-state index contributed by atoms with van der Waals surface area (Å²) in [6.45, 7) is 5.16. The van der Waals surface area contributed by atoms with Crippen molar-refractivity contribution >= 4 is 5.91 Å². The molecular weight excluding hydrogens is 180 g/mol. The minimum Gasteiger partial charge on any atom is -0.388 e. The van der Waals surface area contributed by atoms with E-state index in [0.29, 0.717) is 13.1 Å². The van der Waals surface area contributed by atoms with Gasteiger partial charge in [0.25, 0.3) is 0 Å². The molecule has 4 heteroatoms. The van der Waals surface area contributed by atoms with Gasteiger partial charge in [0.05, 0.1) is 5.60 Å². The Morgan fingerprint density at radius 3 is 2.86 bits per heavy atom. The quantitative estimate of drug-likeness (QED) is 0.657. The normalized spacial score (nSPS) is 30.1. The van der Waals surface area contributed by atoms with Gasteiger partial charge in [-0.05, 0) is 19.8 Å². The molecule has 0 aromatic rings. The number of amides is 1. The summed E-state index contributed by atoms with van der Waals surface area (Å²) in [6.07, 6.45) is 1.64. The van der Waals surface area contributed by atoms with E-state index in [0.717, 1.165) is 19.4 Å². The summed E-state index contributed by atoms with van der Waals surface area (Å²) in [5.41, 5.74) is 4.72. The van der Waals surface area contributed by atoms with E-state index in [4.69, 9.17) is 5.73 Å². The van der Waals surface area contributed by atoms with E-state index in [2.05, 4.69) is 0 Å². The predicted octanol–water partition coefficient (Wildman–Crippen LogP) is -0.0454. The number of nitrogens with two attached hydrogens (primary N) is 1. The van der Waals surface area contributed by atoms with Gasteiger partial charge in [-0.2, -0.15) is 0 Å². The Hall–Kier alpha value is -0.610. The zero-order chi connectivity index (χ0) is 10.8. The number of likely N-dealkylation sites (tertiary alicyclic amines) is 1. The van der Waals surface area contributed by atoms with Crippen molar-refractivity contribution in [1.29, 1.82) is 0 Å². The van der Waals surface area contributed by atoms with Crippen LogP contribution in [0.4, 0.5) is 0 Å². The van der Waals surface area contributed by atoms with Crippen LogP contribution in [0.15, 0.2) is 0 Å². The molecular formula is C10H20N2O2. The molecule has 0 aliphatic carbocycles. The van der Waals surface area contributed by atoms with Gasteiger partial charge < -0.3 is 15.7 Å². The summed E-state index contributed by atoms with van der Waals surface area (Å²) in [7, 11) is 0. The maximum atomic E-state index is 11.8. The Bertz CT molecular complexity index is 216. The van der Waals surface area contributed by atoms with Crippen LogP contribution in [0, 0.1) is 5.92 Å². The van der Waals surface area contributed by atoms with Crippen molar-refractivity contribution in [2.75, 3.05) is 19.6 Å². The van der Waals surface area contributed by atoms with Crippen molar-refractivity contribution in [1.82, 2.24) is 4.90 Å². The highest BCUT2D eigenvalue weighted by molar-refractivity contribution is 5.78. The molecule has 1 aliphatic rings. The van der Waals surface area contributed by atoms with Gasteiger partial charge in [0.15, 0.2) is 0 Å². The first-order valence-corrected chi connectivity index (χ1v) is 5.17. The molecule has 14 heavy (non-hydrogen) atoms. The van der Waals surface area contributed by atoms with Gasteiger partial charge in [0, 0.05) is 25.6 Å². The molecule has 1 amide bonds. The van der Waals surface area contributed by atoms with Crippen LogP contribution in [-0.4, -0.2) is 41.1 Å². The molecule has 2 unspecified atom stereocenters. The number of hydrogen-bond donors (Lipinski definition) is 2. The van der Waals surface area contributed by atoms with Crippen molar-refractivity contribution in [3.63, 3.8) is 0 Å². The Morgan fingerprint density at radius 2 is 2.36 bits per heavy atom. The summed E-state index contributed by atoms with van der Waals surface area (Å²) in [5.74, 6) is -0.0728. The Labute approximate surface area is 85.1 Å². The first-order valence-electron chi connectivity index (χ1n) is 5.17. The number of carbonyl (C=O) groups excluding carboxylic acids is 1. The lowest BCUT2D eigenvalue weighted by Crippen LogP contribution is -2.50. The average Bonchev–Trinajstić information content (AvgIpc) is 2.14. The van der Waals surface area contributed by atoms with E-state index in [1.807, 2.05) is 6.92 Å². The molecule has 0 radical (unpaired) electrons. The highest BCUT2D eigenvalue weighted by atomic mass is 16.3. The van der Waals surface area contributed by atoms with Crippen LogP contribution in [0.1, 0.15) is 26.7 Å². The first-order chi connectivity index (χ1) is 6.46. The van der Waals surface area contributed by atoms with Crippen molar-refractivity contribution in [2.45, 2.75) is 32.3 Å².